The highest BCUT2D eigenvalue weighted by molar-refractivity contribution is 7.99. The van der Waals surface area contributed by atoms with Crippen LogP contribution in [0.1, 0.15) is 11.6 Å². The molecule has 1 atom stereocenters. The molecule has 1 unspecified atom stereocenters. The lowest BCUT2D eigenvalue weighted by atomic mass is 10.1. The van der Waals surface area contributed by atoms with E-state index in [2.05, 4.69) is 6.07 Å². The molecule has 1 aliphatic rings. The number of fused-ring (bicyclic) bond motifs is 1. The summed E-state index contributed by atoms with van der Waals surface area (Å²) < 4.78 is 5.12. The van der Waals surface area contributed by atoms with Gasteiger partial charge < -0.3 is 10.5 Å². The lowest BCUT2D eigenvalue weighted by Gasteiger charge is -2.05. The standard InChI is InChI=1S/C9H11NOS/c1-11-6-2-3-9-7(4-6)8(10)5-12-9/h2-4,8H,5,10H2,1H3. The summed E-state index contributed by atoms with van der Waals surface area (Å²) in [6.07, 6.45) is 0. The van der Waals surface area contributed by atoms with Gasteiger partial charge in [-0.2, -0.15) is 0 Å². The lowest BCUT2D eigenvalue weighted by Crippen LogP contribution is -2.08. The average molecular weight is 181 g/mol. The van der Waals surface area contributed by atoms with Crippen LogP contribution in [0.3, 0.4) is 0 Å². The first-order chi connectivity index (χ1) is 5.81. The van der Waals surface area contributed by atoms with Gasteiger partial charge in [0.1, 0.15) is 5.75 Å². The molecule has 0 aromatic heterocycles. The summed E-state index contributed by atoms with van der Waals surface area (Å²) in [5.74, 6) is 1.88. The third kappa shape index (κ3) is 1.19. The molecule has 0 fully saturated rings. The molecule has 0 amide bonds. The number of nitrogens with two attached hydrogens (primary N) is 1. The predicted molar refractivity (Wildman–Crippen MR) is 50.6 cm³/mol. The van der Waals surface area contributed by atoms with E-state index in [1.807, 2.05) is 23.9 Å². The fourth-order valence-corrected chi connectivity index (χ4v) is 2.42. The second-order valence-corrected chi connectivity index (χ2v) is 3.88. The van der Waals surface area contributed by atoms with E-state index in [1.54, 1.807) is 7.11 Å². The molecule has 1 aromatic rings. The van der Waals surface area contributed by atoms with Crippen LogP contribution in [0, 0.1) is 0 Å². The van der Waals surface area contributed by atoms with Gasteiger partial charge in [0.15, 0.2) is 0 Å². The Morgan fingerprint density at radius 3 is 3.17 bits per heavy atom. The van der Waals surface area contributed by atoms with Crippen molar-refractivity contribution in [1.82, 2.24) is 0 Å². The highest BCUT2D eigenvalue weighted by Crippen LogP contribution is 2.38. The third-order valence-electron chi connectivity index (χ3n) is 2.03. The number of methoxy groups -OCH3 is 1. The van der Waals surface area contributed by atoms with Gasteiger partial charge in [-0.15, -0.1) is 11.8 Å². The molecule has 0 bridgehead atoms. The lowest BCUT2D eigenvalue weighted by molar-refractivity contribution is 0.413. The Balaban J connectivity index is 2.43. The molecule has 2 nitrogen and oxygen atoms in total. The molecular weight excluding hydrogens is 170 g/mol. The van der Waals surface area contributed by atoms with Gasteiger partial charge in [-0.25, -0.2) is 0 Å². The fourth-order valence-electron chi connectivity index (χ4n) is 1.34. The van der Waals surface area contributed by atoms with E-state index in [1.165, 1.54) is 10.5 Å². The third-order valence-corrected chi connectivity index (χ3v) is 3.24. The summed E-state index contributed by atoms with van der Waals surface area (Å²) in [5, 5.41) is 0. The largest absolute Gasteiger partial charge is 0.497 e. The van der Waals surface area contributed by atoms with Gasteiger partial charge in [0.2, 0.25) is 0 Å². The smallest absolute Gasteiger partial charge is 0.119 e. The Morgan fingerprint density at radius 2 is 2.42 bits per heavy atom. The van der Waals surface area contributed by atoms with E-state index >= 15 is 0 Å². The van der Waals surface area contributed by atoms with Gasteiger partial charge in [0.25, 0.3) is 0 Å². The van der Waals surface area contributed by atoms with Crippen molar-refractivity contribution in [1.29, 1.82) is 0 Å². The zero-order valence-electron chi connectivity index (χ0n) is 6.91. The van der Waals surface area contributed by atoms with E-state index in [-0.39, 0.29) is 6.04 Å². The minimum atomic E-state index is 0.181. The summed E-state index contributed by atoms with van der Waals surface area (Å²) >= 11 is 1.81. The molecule has 0 aliphatic carbocycles. The Bertz CT molecular complexity index is 301. The minimum absolute atomic E-state index is 0.181. The average Bonchev–Trinajstić information content (AvgIpc) is 2.47. The molecule has 3 heteroatoms. The van der Waals surface area contributed by atoms with Crippen molar-refractivity contribution >= 4 is 11.8 Å². The first kappa shape index (κ1) is 7.95. The Labute approximate surface area is 76.1 Å². The summed E-state index contributed by atoms with van der Waals surface area (Å²) in [4.78, 5) is 1.29. The van der Waals surface area contributed by atoms with Crippen molar-refractivity contribution in [2.75, 3.05) is 12.9 Å². The molecular formula is C9H11NOS. The van der Waals surface area contributed by atoms with Crippen molar-refractivity contribution < 1.29 is 4.74 Å². The molecule has 0 spiro atoms. The van der Waals surface area contributed by atoms with Crippen LogP contribution in [-0.2, 0) is 0 Å². The summed E-state index contributed by atoms with van der Waals surface area (Å²) in [6.45, 7) is 0. The van der Waals surface area contributed by atoms with Crippen LogP contribution in [0.5, 0.6) is 5.75 Å². The number of hydrogen-bond acceptors (Lipinski definition) is 3. The summed E-state index contributed by atoms with van der Waals surface area (Å²) in [6, 6.07) is 6.26. The normalized spacial score (nSPS) is 20.7. The second-order valence-electron chi connectivity index (χ2n) is 2.82. The van der Waals surface area contributed by atoms with E-state index < -0.39 is 0 Å². The van der Waals surface area contributed by atoms with Crippen molar-refractivity contribution in [3.8, 4) is 5.75 Å². The van der Waals surface area contributed by atoms with Crippen molar-refractivity contribution in [3.05, 3.63) is 23.8 Å². The van der Waals surface area contributed by atoms with Crippen LogP contribution in [0.25, 0.3) is 0 Å². The molecule has 0 radical (unpaired) electrons. The maximum atomic E-state index is 5.89. The molecule has 0 saturated carbocycles. The van der Waals surface area contributed by atoms with Crippen LogP contribution >= 0.6 is 11.8 Å². The molecule has 12 heavy (non-hydrogen) atoms. The predicted octanol–water partition coefficient (Wildman–Crippen LogP) is 1.80. The first-order valence-electron chi connectivity index (χ1n) is 3.87. The van der Waals surface area contributed by atoms with Gasteiger partial charge in [-0.3, -0.25) is 0 Å². The Morgan fingerprint density at radius 1 is 1.58 bits per heavy atom. The number of hydrogen-bond donors (Lipinski definition) is 1. The van der Waals surface area contributed by atoms with Crippen LogP contribution in [0.4, 0.5) is 0 Å². The van der Waals surface area contributed by atoms with Gasteiger partial charge in [0, 0.05) is 16.7 Å². The fraction of sp³-hybridized carbons (Fsp3) is 0.333. The van der Waals surface area contributed by atoms with E-state index in [9.17, 15) is 0 Å². The van der Waals surface area contributed by atoms with Crippen molar-refractivity contribution in [3.63, 3.8) is 0 Å². The molecule has 1 aliphatic heterocycles. The van der Waals surface area contributed by atoms with Crippen LogP contribution < -0.4 is 10.5 Å². The Hall–Kier alpha value is -0.670. The van der Waals surface area contributed by atoms with Crippen molar-refractivity contribution in [2.24, 2.45) is 5.73 Å². The molecule has 64 valence electrons. The molecule has 2 rings (SSSR count). The van der Waals surface area contributed by atoms with Crippen LogP contribution in [0.2, 0.25) is 0 Å². The number of rotatable bonds is 1. The first-order valence-corrected chi connectivity index (χ1v) is 4.86. The topological polar surface area (TPSA) is 35.2 Å². The maximum absolute atomic E-state index is 5.89. The quantitative estimate of drug-likeness (QED) is 0.717. The van der Waals surface area contributed by atoms with Gasteiger partial charge in [-0.1, -0.05) is 0 Å². The summed E-state index contributed by atoms with van der Waals surface area (Å²) in [7, 11) is 1.68. The molecule has 1 aromatic carbocycles. The zero-order chi connectivity index (χ0) is 8.55. The van der Waals surface area contributed by atoms with E-state index in [0.29, 0.717) is 0 Å². The number of ether oxygens (including phenoxy) is 1. The SMILES string of the molecule is COc1ccc2c(c1)C(N)CS2. The Kier molecular flexibility index (Phi) is 1.98. The second kappa shape index (κ2) is 2.99. The van der Waals surface area contributed by atoms with Gasteiger partial charge >= 0.3 is 0 Å². The van der Waals surface area contributed by atoms with Gasteiger partial charge in [0.05, 0.1) is 7.11 Å². The zero-order valence-corrected chi connectivity index (χ0v) is 7.73. The number of thioether (sulfide) groups is 1. The highest BCUT2D eigenvalue weighted by atomic mass is 32.2. The summed E-state index contributed by atoms with van der Waals surface area (Å²) in [5.41, 5.74) is 7.12. The van der Waals surface area contributed by atoms with Gasteiger partial charge in [-0.05, 0) is 23.8 Å². The van der Waals surface area contributed by atoms with E-state index in [4.69, 9.17) is 10.5 Å². The monoisotopic (exact) mass is 181 g/mol. The molecule has 1 heterocycles. The van der Waals surface area contributed by atoms with Crippen LogP contribution in [-0.4, -0.2) is 12.9 Å². The highest BCUT2D eigenvalue weighted by Gasteiger charge is 2.19. The minimum Gasteiger partial charge on any atom is -0.497 e. The molecule has 2 N–H and O–H groups in total. The maximum Gasteiger partial charge on any atom is 0.119 e. The van der Waals surface area contributed by atoms with Crippen molar-refractivity contribution in [2.45, 2.75) is 10.9 Å². The van der Waals surface area contributed by atoms with Crippen LogP contribution in [0.15, 0.2) is 23.1 Å². The van der Waals surface area contributed by atoms with E-state index in [0.717, 1.165) is 11.5 Å². The number of benzene rings is 1. The molecule has 0 saturated heterocycles.